The van der Waals surface area contributed by atoms with Crippen LogP contribution in [0.1, 0.15) is 42.9 Å². The summed E-state index contributed by atoms with van der Waals surface area (Å²) in [4.78, 5) is 17.3. The molecule has 1 aromatic heterocycles. The molecule has 4 rings (SSSR count). The number of halogens is 3. The van der Waals surface area contributed by atoms with Crippen molar-refractivity contribution in [2.45, 2.75) is 49.2 Å². The molecular weight excluding hydrogens is 459 g/mol. The molecule has 2 aliphatic rings. The van der Waals surface area contributed by atoms with Crippen LogP contribution in [0.3, 0.4) is 0 Å². The number of aromatic nitrogens is 1. The summed E-state index contributed by atoms with van der Waals surface area (Å²) < 4.78 is 66.8. The third-order valence-corrected chi connectivity index (χ3v) is 8.41. The summed E-state index contributed by atoms with van der Waals surface area (Å²) in [5, 5.41) is 9.45. The Bertz CT molecular complexity index is 1180. The molecule has 0 amide bonds. The predicted molar refractivity (Wildman–Crippen MR) is 115 cm³/mol. The average molecular weight is 484 g/mol. The van der Waals surface area contributed by atoms with Gasteiger partial charge < -0.3 is 10.0 Å². The van der Waals surface area contributed by atoms with Crippen LogP contribution in [0, 0.1) is 0 Å². The van der Waals surface area contributed by atoms with Crippen molar-refractivity contribution in [1.29, 1.82) is 0 Å². The number of carbonyl (C=O) groups is 1. The molecule has 1 saturated heterocycles. The first kappa shape index (κ1) is 23.5. The Hall–Kier alpha value is -2.66. The Labute approximate surface area is 189 Å². The monoisotopic (exact) mass is 483 g/mol. The Kier molecular flexibility index (Phi) is 5.68. The molecule has 2 aromatic rings. The molecule has 1 N–H and O–H groups in total. The van der Waals surface area contributed by atoms with Gasteiger partial charge in [-0.2, -0.15) is 17.5 Å². The summed E-state index contributed by atoms with van der Waals surface area (Å²) in [6.45, 7) is 4.08. The Morgan fingerprint density at radius 1 is 1.18 bits per heavy atom. The molecule has 178 valence electrons. The van der Waals surface area contributed by atoms with E-state index in [0.717, 1.165) is 17.8 Å². The van der Waals surface area contributed by atoms with Gasteiger partial charge in [0, 0.05) is 31.4 Å². The van der Waals surface area contributed by atoms with Crippen LogP contribution in [-0.2, 0) is 27.4 Å². The first-order valence-corrected chi connectivity index (χ1v) is 11.9. The number of benzene rings is 1. The molecule has 1 unspecified atom stereocenters. The summed E-state index contributed by atoms with van der Waals surface area (Å²) in [5.41, 5.74) is -0.345. The van der Waals surface area contributed by atoms with Gasteiger partial charge in [0.15, 0.2) is 0 Å². The number of anilines is 1. The molecule has 11 heteroatoms. The Morgan fingerprint density at radius 3 is 2.48 bits per heavy atom. The summed E-state index contributed by atoms with van der Waals surface area (Å²) in [5.74, 6) is -1.35. The first-order valence-electron chi connectivity index (χ1n) is 10.5. The third-order valence-electron chi connectivity index (χ3n) is 6.31. The fraction of sp³-hybridized carbons (Fsp3) is 0.455. The van der Waals surface area contributed by atoms with E-state index < -0.39 is 39.2 Å². The number of alkyl halides is 3. The lowest BCUT2D eigenvalue weighted by Crippen LogP contribution is -2.61. The van der Waals surface area contributed by atoms with E-state index in [4.69, 9.17) is 0 Å². The highest BCUT2D eigenvalue weighted by molar-refractivity contribution is 7.89. The minimum atomic E-state index is -4.48. The number of aryl methyl sites for hydroxylation is 1. The zero-order chi connectivity index (χ0) is 24.2. The maximum atomic E-state index is 13.5. The number of sulfonamides is 1. The summed E-state index contributed by atoms with van der Waals surface area (Å²) in [6.07, 6.45) is -2.67. The fourth-order valence-electron chi connectivity index (χ4n) is 4.65. The largest absolute Gasteiger partial charge is 0.481 e. The van der Waals surface area contributed by atoms with Gasteiger partial charge in [-0.25, -0.2) is 13.4 Å². The third kappa shape index (κ3) is 4.31. The molecular formula is C22H24F3N3O4S. The van der Waals surface area contributed by atoms with E-state index in [1.54, 1.807) is 24.8 Å². The Balaban J connectivity index is 1.57. The highest BCUT2D eigenvalue weighted by Gasteiger charge is 2.43. The van der Waals surface area contributed by atoms with Gasteiger partial charge in [0.05, 0.1) is 16.4 Å². The normalized spacial score (nSPS) is 21.1. The van der Waals surface area contributed by atoms with E-state index in [0.29, 0.717) is 24.2 Å². The standard InChI is InChI=1S/C22H24F3N3O4S/c1-21(2)13-27(19-8-5-15(12-26-19)22(23,24)25)9-10-28(21)33(31,32)16-6-3-14-4-7-17(20(29)30)18(14)11-16/h3,5-6,8,11-12,17H,4,7,9-10,13H2,1-2H3,(H,29,30). The lowest BCUT2D eigenvalue weighted by Gasteiger charge is -2.46. The van der Waals surface area contributed by atoms with Crippen molar-refractivity contribution < 1.29 is 31.5 Å². The zero-order valence-corrected chi connectivity index (χ0v) is 18.9. The molecule has 1 aromatic carbocycles. The average Bonchev–Trinajstić information content (AvgIpc) is 3.16. The molecule has 33 heavy (non-hydrogen) atoms. The molecule has 0 spiro atoms. The molecule has 2 heterocycles. The van der Waals surface area contributed by atoms with Gasteiger partial charge in [0.1, 0.15) is 5.82 Å². The van der Waals surface area contributed by atoms with E-state index in [1.165, 1.54) is 22.5 Å². The van der Waals surface area contributed by atoms with Gasteiger partial charge in [-0.1, -0.05) is 6.07 Å². The second-order valence-electron chi connectivity index (χ2n) is 9.00. The van der Waals surface area contributed by atoms with Crippen LogP contribution in [0.25, 0.3) is 0 Å². The number of hydrogen-bond acceptors (Lipinski definition) is 5. The minimum Gasteiger partial charge on any atom is -0.481 e. The maximum Gasteiger partial charge on any atom is 0.417 e. The maximum absolute atomic E-state index is 13.5. The lowest BCUT2D eigenvalue weighted by molar-refractivity contribution is -0.139. The number of carboxylic acid groups (broad SMARTS) is 1. The Morgan fingerprint density at radius 2 is 1.91 bits per heavy atom. The number of pyridine rings is 1. The van der Waals surface area contributed by atoms with E-state index in [1.807, 2.05) is 0 Å². The van der Waals surface area contributed by atoms with E-state index in [2.05, 4.69) is 4.98 Å². The molecule has 0 radical (unpaired) electrons. The van der Waals surface area contributed by atoms with Gasteiger partial charge in [0.2, 0.25) is 10.0 Å². The van der Waals surface area contributed by atoms with E-state index in [9.17, 15) is 31.5 Å². The van der Waals surface area contributed by atoms with Gasteiger partial charge in [-0.3, -0.25) is 4.79 Å². The van der Waals surface area contributed by atoms with Gasteiger partial charge in [-0.05, 0) is 62.1 Å². The summed E-state index contributed by atoms with van der Waals surface area (Å²) in [7, 11) is -3.93. The fourth-order valence-corrected chi connectivity index (χ4v) is 6.45. The molecule has 1 aliphatic carbocycles. The molecule has 0 bridgehead atoms. The SMILES string of the molecule is CC1(C)CN(c2ccc(C(F)(F)F)cn2)CCN1S(=O)(=O)c1ccc2c(c1)C(C(=O)O)CC2. The van der Waals surface area contributed by atoms with Crippen molar-refractivity contribution in [3.8, 4) is 0 Å². The van der Waals surface area contributed by atoms with Crippen molar-refractivity contribution in [3.05, 3.63) is 53.2 Å². The van der Waals surface area contributed by atoms with Crippen LogP contribution in [0.5, 0.6) is 0 Å². The number of nitrogens with zero attached hydrogens (tertiary/aromatic N) is 3. The highest BCUT2D eigenvalue weighted by atomic mass is 32.2. The number of piperazine rings is 1. The topological polar surface area (TPSA) is 90.8 Å². The van der Waals surface area contributed by atoms with Gasteiger partial charge in [-0.15, -0.1) is 0 Å². The van der Waals surface area contributed by atoms with E-state index in [-0.39, 0.29) is 24.5 Å². The molecule has 1 aliphatic heterocycles. The van der Waals surface area contributed by atoms with Crippen molar-refractivity contribution in [2.75, 3.05) is 24.5 Å². The van der Waals surface area contributed by atoms with E-state index >= 15 is 0 Å². The number of hydrogen-bond donors (Lipinski definition) is 1. The van der Waals surface area contributed by atoms with Crippen molar-refractivity contribution in [2.24, 2.45) is 0 Å². The smallest absolute Gasteiger partial charge is 0.417 e. The van der Waals surface area contributed by atoms with Crippen LogP contribution in [0.15, 0.2) is 41.4 Å². The van der Waals surface area contributed by atoms with Crippen molar-refractivity contribution in [1.82, 2.24) is 9.29 Å². The second-order valence-corrected chi connectivity index (χ2v) is 10.9. The van der Waals surface area contributed by atoms with Gasteiger partial charge >= 0.3 is 12.1 Å². The summed E-state index contributed by atoms with van der Waals surface area (Å²) >= 11 is 0. The van der Waals surface area contributed by atoms with Gasteiger partial charge in [0.25, 0.3) is 0 Å². The van der Waals surface area contributed by atoms with Crippen molar-refractivity contribution in [3.63, 3.8) is 0 Å². The lowest BCUT2D eigenvalue weighted by atomic mass is 10.0. The number of aliphatic carboxylic acids is 1. The molecule has 7 nitrogen and oxygen atoms in total. The van der Waals surface area contributed by atoms with Crippen LogP contribution in [0.2, 0.25) is 0 Å². The van der Waals surface area contributed by atoms with Crippen LogP contribution in [-0.4, -0.2) is 54.0 Å². The van der Waals surface area contributed by atoms with Crippen LogP contribution >= 0.6 is 0 Å². The zero-order valence-electron chi connectivity index (χ0n) is 18.1. The highest BCUT2D eigenvalue weighted by Crippen LogP contribution is 2.37. The summed E-state index contributed by atoms with van der Waals surface area (Å²) in [6, 6.07) is 6.91. The molecule has 0 saturated carbocycles. The van der Waals surface area contributed by atoms with Crippen LogP contribution in [0.4, 0.5) is 19.0 Å². The number of carboxylic acids is 1. The molecule has 1 fully saturated rings. The van der Waals surface area contributed by atoms with Crippen molar-refractivity contribution >= 4 is 21.8 Å². The minimum absolute atomic E-state index is 0.0450. The number of rotatable bonds is 4. The quantitative estimate of drug-likeness (QED) is 0.716. The number of fused-ring (bicyclic) bond motifs is 1. The molecule has 1 atom stereocenters. The first-order chi connectivity index (χ1) is 15.3. The predicted octanol–water partition coefficient (Wildman–Crippen LogP) is 3.50. The second kappa shape index (κ2) is 7.98. The van der Waals surface area contributed by atoms with Crippen LogP contribution < -0.4 is 4.90 Å².